The number of fused-ring (bicyclic) bond motifs is 1. The van der Waals surface area contributed by atoms with E-state index in [-0.39, 0.29) is 14.9 Å². The van der Waals surface area contributed by atoms with E-state index in [1.165, 1.54) is 44.2 Å². The second-order valence-corrected chi connectivity index (χ2v) is 6.13. The van der Waals surface area contributed by atoms with Crippen LogP contribution in [0.25, 0.3) is 10.8 Å². The fourth-order valence-corrected chi connectivity index (χ4v) is 3.32. The highest BCUT2D eigenvalue weighted by atomic mass is 14.2. The summed E-state index contributed by atoms with van der Waals surface area (Å²) in [5, 5.41) is 2.94. The van der Waals surface area contributed by atoms with Gasteiger partial charge >= 0.3 is 0 Å². The summed E-state index contributed by atoms with van der Waals surface area (Å²) in [6.45, 7) is 27.9. The van der Waals surface area contributed by atoms with Crippen molar-refractivity contribution in [3.05, 3.63) is 45.5 Å². The van der Waals surface area contributed by atoms with Gasteiger partial charge in [0.05, 0.1) is 0 Å². The molecule has 0 saturated heterocycles. The minimum absolute atomic E-state index is 0. The Morgan fingerprint density at radius 2 is 1.04 bits per heavy atom. The smallest absolute Gasteiger partial charge is 0.0141 e. The molecule has 0 aliphatic heterocycles. The molecule has 27 heavy (non-hydrogen) atoms. The number of aryl methyl sites for hydroxylation is 3. The molecule has 0 heteroatoms. The first-order valence-electron chi connectivity index (χ1n) is 10.4. The van der Waals surface area contributed by atoms with E-state index in [9.17, 15) is 0 Å². The average Bonchev–Trinajstić information content (AvgIpc) is 2.63. The van der Waals surface area contributed by atoms with Crippen molar-refractivity contribution >= 4 is 10.8 Å². The van der Waals surface area contributed by atoms with E-state index in [1.54, 1.807) is 0 Å². The van der Waals surface area contributed by atoms with Crippen LogP contribution in [0.5, 0.6) is 0 Å². The van der Waals surface area contributed by atoms with Gasteiger partial charge in [0, 0.05) is 0 Å². The molecular formula is C27H52. The highest BCUT2D eigenvalue weighted by molar-refractivity contribution is 5.92. The van der Waals surface area contributed by atoms with Crippen LogP contribution in [0.3, 0.4) is 0 Å². The second kappa shape index (κ2) is 16.8. The summed E-state index contributed by atoms with van der Waals surface area (Å²) < 4.78 is 0. The second-order valence-electron chi connectivity index (χ2n) is 6.13. The van der Waals surface area contributed by atoms with Crippen molar-refractivity contribution in [2.24, 2.45) is 0 Å². The van der Waals surface area contributed by atoms with Crippen molar-refractivity contribution in [1.82, 2.24) is 0 Å². The Hall–Kier alpha value is -1.30. The van der Waals surface area contributed by atoms with Crippen molar-refractivity contribution in [1.29, 1.82) is 0 Å². The lowest BCUT2D eigenvalue weighted by molar-refractivity contribution is 0.861. The fourth-order valence-electron chi connectivity index (χ4n) is 3.32. The minimum Gasteiger partial charge on any atom is -0.0776 e. The summed E-state index contributed by atoms with van der Waals surface area (Å²) in [6, 6.07) is 4.79. The molecule has 2 aromatic carbocycles. The third-order valence-electron chi connectivity index (χ3n) is 4.60. The van der Waals surface area contributed by atoms with Crippen LogP contribution in [0.15, 0.2) is 12.1 Å². The minimum atomic E-state index is 0. The van der Waals surface area contributed by atoms with Crippen LogP contribution in [0.4, 0.5) is 0 Å². The van der Waals surface area contributed by atoms with Crippen molar-refractivity contribution in [3.63, 3.8) is 0 Å². The zero-order chi connectivity index (χ0) is 20.3. The zero-order valence-corrected chi connectivity index (χ0v) is 19.4. The van der Waals surface area contributed by atoms with Crippen LogP contribution < -0.4 is 0 Å². The molecule has 0 radical (unpaired) electrons. The maximum atomic E-state index is 2.39. The molecular weight excluding hydrogens is 324 g/mol. The van der Waals surface area contributed by atoms with Crippen molar-refractivity contribution in [3.8, 4) is 0 Å². The lowest BCUT2D eigenvalue weighted by Gasteiger charge is -2.21. The van der Waals surface area contributed by atoms with Gasteiger partial charge in [0.25, 0.3) is 0 Å². The molecule has 0 N–H and O–H groups in total. The number of rotatable bonds is 2. The maximum Gasteiger partial charge on any atom is -0.0141 e. The van der Waals surface area contributed by atoms with Gasteiger partial charge < -0.3 is 0 Å². The highest BCUT2D eigenvalue weighted by Gasteiger charge is 2.16. The van der Waals surface area contributed by atoms with E-state index in [4.69, 9.17) is 0 Å². The molecule has 2 aromatic rings. The Bertz CT molecular complexity index is 631. The SMILES string of the molecule is C.C.CC.CC.CC.CCc1c(C)c(C)c(C(C)C)c2cc(C)c(C)cc12. The third kappa shape index (κ3) is 7.68. The van der Waals surface area contributed by atoms with E-state index < -0.39 is 0 Å². The van der Waals surface area contributed by atoms with Crippen LogP contribution in [0.2, 0.25) is 0 Å². The number of hydrogen-bond acceptors (Lipinski definition) is 0. The summed E-state index contributed by atoms with van der Waals surface area (Å²) in [4.78, 5) is 0. The number of benzene rings is 2. The molecule has 0 saturated carbocycles. The molecule has 0 unspecified atom stereocenters. The molecule has 160 valence electrons. The van der Waals surface area contributed by atoms with Crippen LogP contribution >= 0.6 is 0 Å². The normalized spacial score (nSPS) is 8.81. The van der Waals surface area contributed by atoms with Gasteiger partial charge in [0.15, 0.2) is 0 Å². The Kier molecular flexibility index (Phi) is 20.8. The lowest BCUT2D eigenvalue weighted by Crippen LogP contribution is -2.02. The molecule has 0 bridgehead atoms. The van der Waals surface area contributed by atoms with Gasteiger partial charge in [0.1, 0.15) is 0 Å². The van der Waals surface area contributed by atoms with E-state index in [2.05, 4.69) is 60.6 Å². The monoisotopic (exact) mass is 376 g/mol. The Morgan fingerprint density at radius 3 is 1.37 bits per heavy atom. The Morgan fingerprint density at radius 1 is 0.667 bits per heavy atom. The molecule has 0 nitrogen and oxygen atoms in total. The van der Waals surface area contributed by atoms with E-state index in [0.717, 1.165) is 6.42 Å². The highest BCUT2D eigenvalue weighted by Crippen LogP contribution is 2.36. The van der Waals surface area contributed by atoms with Gasteiger partial charge in [-0.1, -0.05) is 89.3 Å². The van der Waals surface area contributed by atoms with E-state index in [0.29, 0.717) is 5.92 Å². The molecule has 0 fully saturated rings. The average molecular weight is 377 g/mol. The van der Waals surface area contributed by atoms with Gasteiger partial charge in [0.2, 0.25) is 0 Å². The van der Waals surface area contributed by atoms with Crippen molar-refractivity contribution < 1.29 is 0 Å². The van der Waals surface area contributed by atoms with E-state index >= 15 is 0 Å². The molecule has 0 atom stereocenters. The van der Waals surface area contributed by atoms with Crippen LogP contribution in [-0.4, -0.2) is 0 Å². The van der Waals surface area contributed by atoms with Crippen LogP contribution in [-0.2, 0) is 6.42 Å². The van der Waals surface area contributed by atoms with E-state index in [1.807, 2.05) is 41.5 Å². The lowest BCUT2D eigenvalue weighted by atomic mass is 9.83. The first-order valence-corrected chi connectivity index (χ1v) is 10.4. The van der Waals surface area contributed by atoms with Gasteiger partial charge in [-0.3, -0.25) is 0 Å². The topological polar surface area (TPSA) is 0 Å². The molecule has 0 amide bonds. The summed E-state index contributed by atoms with van der Waals surface area (Å²) in [5.74, 6) is 0.578. The predicted molar refractivity (Wildman–Crippen MR) is 134 cm³/mol. The summed E-state index contributed by atoms with van der Waals surface area (Å²) in [6.07, 6.45) is 1.12. The number of hydrogen-bond donors (Lipinski definition) is 0. The van der Waals surface area contributed by atoms with Crippen molar-refractivity contribution in [2.45, 2.75) is 117 Å². The van der Waals surface area contributed by atoms with Crippen LogP contribution in [0.1, 0.15) is 116 Å². The quantitative estimate of drug-likeness (QED) is 0.489. The first-order chi connectivity index (χ1) is 11.9. The Balaban J connectivity index is -0.000000301. The first kappa shape index (κ1) is 33.3. The fraction of sp³-hybridized carbons (Fsp3) is 0.630. The van der Waals surface area contributed by atoms with Gasteiger partial charge in [-0.15, -0.1) is 0 Å². The molecule has 0 spiro atoms. The van der Waals surface area contributed by atoms with Gasteiger partial charge in [-0.2, -0.15) is 0 Å². The summed E-state index contributed by atoms with van der Waals surface area (Å²) >= 11 is 0. The summed E-state index contributed by atoms with van der Waals surface area (Å²) in [5.41, 5.74) is 8.84. The van der Waals surface area contributed by atoms with Crippen molar-refractivity contribution in [2.75, 3.05) is 0 Å². The third-order valence-corrected chi connectivity index (χ3v) is 4.60. The predicted octanol–water partition coefficient (Wildman–Crippen LogP) is 10.1. The summed E-state index contributed by atoms with van der Waals surface area (Å²) in [7, 11) is 0. The largest absolute Gasteiger partial charge is 0.0776 e. The van der Waals surface area contributed by atoms with Gasteiger partial charge in [-0.05, 0) is 84.2 Å². The molecule has 0 aliphatic carbocycles. The maximum absolute atomic E-state index is 2.39. The molecule has 0 aromatic heterocycles. The molecule has 0 aliphatic rings. The standard InChI is InChI=1S/C19H26.3C2H6.2CH4/c1-8-16-14(6)15(7)19(11(2)3)18-10-13(5)12(4)9-17(16)18;3*1-2;;/h9-11H,8H2,1-7H3;3*1-2H3;2*1H4. The Labute approximate surface area is 173 Å². The van der Waals surface area contributed by atoms with Gasteiger partial charge in [-0.25, -0.2) is 0 Å². The molecule has 0 heterocycles. The molecule has 2 rings (SSSR count). The zero-order valence-electron chi connectivity index (χ0n) is 19.4. The van der Waals surface area contributed by atoms with Crippen LogP contribution in [0, 0.1) is 27.7 Å².